The maximum absolute atomic E-state index is 13.4. The van der Waals surface area contributed by atoms with Crippen LogP contribution in [-0.2, 0) is 13.2 Å². The number of hydrogen-bond donors (Lipinski definition) is 1. The Hall–Kier alpha value is -2.02. The number of anilines is 1. The molecule has 0 aromatic heterocycles. The van der Waals surface area contributed by atoms with E-state index in [1.54, 1.807) is 18.2 Å². The predicted molar refractivity (Wildman–Crippen MR) is 115 cm³/mol. The van der Waals surface area contributed by atoms with Crippen molar-refractivity contribution in [3.8, 4) is 11.5 Å². The number of ether oxygens (including phenoxy) is 2. The third-order valence-electron chi connectivity index (χ3n) is 4.16. The second-order valence-electron chi connectivity index (χ2n) is 6.06. The Morgan fingerprint density at radius 2 is 1.79 bits per heavy atom. The van der Waals surface area contributed by atoms with Crippen molar-refractivity contribution in [3.05, 3.63) is 85.8 Å². The molecule has 152 valence electrons. The summed E-state index contributed by atoms with van der Waals surface area (Å²) >= 11 is 15.5. The van der Waals surface area contributed by atoms with E-state index < -0.39 is 11.6 Å². The van der Waals surface area contributed by atoms with E-state index in [2.05, 4.69) is 21.2 Å². The molecule has 3 nitrogen and oxygen atoms in total. The maximum Gasteiger partial charge on any atom is 0.167 e. The highest BCUT2D eigenvalue weighted by atomic mass is 79.9. The van der Waals surface area contributed by atoms with Crippen molar-refractivity contribution in [2.45, 2.75) is 13.2 Å². The molecule has 3 rings (SSSR count). The maximum atomic E-state index is 13.4. The van der Waals surface area contributed by atoms with Gasteiger partial charge >= 0.3 is 0 Å². The van der Waals surface area contributed by atoms with Gasteiger partial charge in [-0.1, -0.05) is 45.2 Å². The Morgan fingerprint density at radius 3 is 2.48 bits per heavy atom. The molecule has 8 heteroatoms. The Kier molecular flexibility index (Phi) is 7.22. The van der Waals surface area contributed by atoms with Gasteiger partial charge in [-0.25, -0.2) is 8.78 Å². The SMILES string of the molecule is COc1ccc(Br)c(CNc2ccc(F)c(Cl)c2)c1OCc1ccc(F)cc1Cl. The zero-order chi connectivity index (χ0) is 21.0. The van der Waals surface area contributed by atoms with E-state index in [-0.39, 0.29) is 16.7 Å². The predicted octanol–water partition coefficient (Wildman–Crippen LogP) is 7.23. The summed E-state index contributed by atoms with van der Waals surface area (Å²) in [6.45, 7) is 0.480. The Bertz CT molecular complexity index is 1030. The Labute approximate surface area is 185 Å². The number of halogens is 5. The van der Waals surface area contributed by atoms with Crippen molar-refractivity contribution in [1.82, 2.24) is 0 Å². The molecule has 3 aromatic rings. The molecule has 0 fully saturated rings. The van der Waals surface area contributed by atoms with Gasteiger partial charge in [-0.3, -0.25) is 0 Å². The van der Waals surface area contributed by atoms with Gasteiger partial charge in [0.15, 0.2) is 11.5 Å². The minimum atomic E-state index is -0.486. The summed E-state index contributed by atoms with van der Waals surface area (Å²) in [5.41, 5.74) is 2.07. The highest BCUT2D eigenvalue weighted by molar-refractivity contribution is 9.10. The van der Waals surface area contributed by atoms with Crippen LogP contribution >= 0.6 is 39.1 Å². The van der Waals surface area contributed by atoms with Crippen LogP contribution < -0.4 is 14.8 Å². The molecule has 0 unspecified atom stereocenters. The van der Waals surface area contributed by atoms with E-state index in [0.29, 0.717) is 29.3 Å². The number of hydrogen-bond acceptors (Lipinski definition) is 3. The fraction of sp³-hybridized carbons (Fsp3) is 0.143. The first-order chi connectivity index (χ1) is 13.9. The average Bonchev–Trinajstić information content (AvgIpc) is 2.69. The Morgan fingerprint density at radius 1 is 1.00 bits per heavy atom. The minimum Gasteiger partial charge on any atom is -0.493 e. The largest absolute Gasteiger partial charge is 0.493 e. The van der Waals surface area contributed by atoms with Crippen LogP contribution in [0.2, 0.25) is 10.0 Å². The molecule has 1 N–H and O–H groups in total. The normalized spacial score (nSPS) is 10.7. The van der Waals surface area contributed by atoms with E-state index in [0.717, 1.165) is 10.0 Å². The summed E-state index contributed by atoms with van der Waals surface area (Å²) < 4.78 is 38.8. The standard InChI is InChI=1S/C21H16BrCl2F2NO2/c1-28-20-7-5-16(22)15(10-27-14-4-6-19(26)18(24)9-14)21(20)29-11-12-2-3-13(25)8-17(12)23/h2-9,27H,10-11H2,1H3. The highest BCUT2D eigenvalue weighted by Gasteiger charge is 2.16. The average molecular weight is 503 g/mol. The van der Waals surface area contributed by atoms with Crippen molar-refractivity contribution < 1.29 is 18.3 Å². The lowest BCUT2D eigenvalue weighted by Gasteiger charge is -2.18. The van der Waals surface area contributed by atoms with Gasteiger partial charge in [-0.15, -0.1) is 0 Å². The van der Waals surface area contributed by atoms with Crippen LogP contribution in [0.3, 0.4) is 0 Å². The third-order valence-corrected chi connectivity index (χ3v) is 5.55. The molecule has 0 saturated carbocycles. The molecule has 0 radical (unpaired) electrons. The molecule has 0 heterocycles. The van der Waals surface area contributed by atoms with Crippen LogP contribution in [0, 0.1) is 11.6 Å². The molecule has 0 atom stereocenters. The van der Waals surface area contributed by atoms with Crippen LogP contribution in [0.4, 0.5) is 14.5 Å². The van der Waals surface area contributed by atoms with E-state index in [4.69, 9.17) is 32.7 Å². The molecule has 0 aliphatic rings. The summed E-state index contributed by atoms with van der Waals surface area (Å²) in [5.74, 6) is 0.130. The van der Waals surface area contributed by atoms with Crippen molar-refractivity contribution in [1.29, 1.82) is 0 Å². The lowest BCUT2D eigenvalue weighted by atomic mass is 10.1. The number of rotatable bonds is 7. The zero-order valence-electron chi connectivity index (χ0n) is 15.2. The molecule has 0 aliphatic carbocycles. The van der Waals surface area contributed by atoms with Crippen molar-refractivity contribution in [2.24, 2.45) is 0 Å². The summed E-state index contributed by atoms with van der Waals surface area (Å²) in [4.78, 5) is 0. The first-order valence-electron chi connectivity index (χ1n) is 8.50. The van der Waals surface area contributed by atoms with Crippen molar-refractivity contribution in [3.63, 3.8) is 0 Å². The van der Waals surface area contributed by atoms with Gasteiger partial charge in [0.1, 0.15) is 18.2 Å². The Balaban J connectivity index is 1.85. The van der Waals surface area contributed by atoms with Crippen LogP contribution in [0.5, 0.6) is 11.5 Å². The zero-order valence-corrected chi connectivity index (χ0v) is 18.3. The molecular formula is C21H16BrCl2F2NO2. The second-order valence-corrected chi connectivity index (χ2v) is 7.73. The number of benzene rings is 3. The fourth-order valence-electron chi connectivity index (χ4n) is 2.65. The van der Waals surface area contributed by atoms with Crippen LogP contribution in [-0.4, -0.2) is 7.11 Å². The summed E-state index contributed by atoms with van der Waals surface area (Å²) in [7, 11) is 1.54. The second kappa shape index (κ2) is 9.65. The summed E-state index contributed by atoms with van der Waals surface area (Å²) in [5, 5.41) is 3.49. The van der Waals surface area contributed by atoms with Gasteiger partial charge < -0.3 is 14.8 Å². The van der Waals surface area contributed by atoms with E-state index in [9.17, 15) is 8.78 Å². The van der Waals surface area contributed by atoms with E-state index >= 15 is 0 Å². The third kappa shape index (κ3) is 5.32. The topological polar surface area (TPSA) is 30.5 Å². The molecule has 29 heavy (non-hydrogen) atoms. The molecule has 0 aliphatic heterocycles. The molecule has 0 bridgehead atoms. The van der Waals surface area contributed by atoms with Gasteiger partial charge in [-0.2, -0.15) is 0 Å². The smallest absolute Gasteiger partial charge is 0.167 e. The van der Waals surface area contributed by atoms with Crippen LogP contribution in [0.1, 0.15) is 11.1 Å². The van der Waals surface area contributed by atoms with Gasteiger partial charge in [-0.05, 0) is 42.5 Å². The molecule has 0 amide bonds. The molecule has 0 spiro atoms. The first-order valence-corrected chi connectivity index (χ1v) is 10.0. The molecular weight excluding hydrogens is 487 g/mol. The summed E-state index contributed by atoms with van der Waals surface area (Å²) in [6, 6.07) is 12.1. The van der Waals surface area contributed by atoms with E-state index in [1.165, 1.54) is 31.4 Å². The van der Waals surface area contributed by atoms with Crippen molar-refractivity contribution >= 4 is 44.8 Å². The molecule has 3 aromatic carbocycles. The monoisotopic (exact) mass is 501 g/mol. The van der Waals surface area contributed by atoms with Crippen molar-refractivity contribution in [2.75, 3.05) is 12.4 Å². The summed E-state index contributed by atoms with van der Waals surface area (Å²) in [6.07, 6.45) is 0. The number of nitrogens with one attached hydrogen (secondary N) is 1. The van der Waals surface area contributed by atoms with Gasteiger partial charge in [0, 0.05) is 27.8 Å². The van der Waals surface area contributed by atoms with Gasteiger partial charge in [0.2, 0.25) is 0 Å². The van der Waals surface area contributed by atoms with Gasteiger partial charge in [0.05, 0.1) is 17.2 Å². The van der Waals surface area contributed by atoms with Crippen LogP contribution in [0.25, 0.3) is 0 Å². The fourth-order valence-corrected chi connectivity index (χ4v) is 3.51. The first kappa shape index (κ1) is 21.7. The van der Waals surface area contributed by atoms with Crippen LogP contribution in [0.15, 0.2) is 53.0 Å². The van der Waals surface area contributed by atoms with Gasteiger partial charge in [0.25, 0.3) is 0 Å². The van der Waals surface area contributed by atoms with E-state index in [1.807, 2.05) is 6.07 Å². The molecule has 0 saturated heterocycles. The highest BCUT2D eigenvalue weighted by Crippen LogP contribution is 2.37. The number of methoxy groups -OCH3 is 1. The lowest BCUT2D eigenvalue weighted by molar-refractivity contribution is 0.281. The minimum absolute atomic E-state index is 0.0298. The quantitative estimate of drug-likeness (QED) is 0.369. The lowest BCUT2D eigenvalue weighted by Crippen LogP contribution is -2.06.